The van der Waals surface area contributed by atoms with E-state index < -0.39 is 12.1 Å². The Bertz CT molecular complexity index is 1180. The van der Waals surface area contributed by atoms with Crippen molar-refractivity contribution < 1.29 is 14.1 Å². The molecular weight excluding hydrogens is 452 g/mol. The molecule has 1 aromatic heterocycles. The normalized spacial score (nSPS) is 20.3. The molecule has 2 aliphatic heterocycles. The van der Waals surface area contributed by atoms with Crippen molar-refractivity contribution in [1.82, 2.24) is 15.1 Å². The molecular formula is C20H15BrN6O3. The molecule has 0 radical (unpaired) electrons. The molecule has 9 nitrogen and oxygen atoms in total. The van der Waals surface area contributed by atoms with Crippen LogP contribution in [0.1, 0.15) is 11.5 Å². The van der Waals surface area contributed by atoms with E-state index in [9.17, 15) is 9.59 Å². The van der Waals surface area contributed by atoms with Crippen LogP contribution in [-0.2, 0) is 16.1 Å². The zero-order valence-electron chi connectivity index (χ0n) is 15.8. The van der Waals surface area contributed by atoms with Crippen molar-refractivity contribution in [2.75, 3.05) is 4.90 Å². The molecule has 3 aromatic rings. The number of rotatable bonds is 4. The van der Waals surface area contributed by atoms with Crippen LogP contribution in [0, 0.1) is 6.92 Å². The fourth-order valence-electron chi connectivity index (χ4n) is 3.50. The lowest BCUT2D eigenvalue weighted by Crippen LogP contribution is -2.39. The number of imide groups is 1. The second kappa shape index (κ2) is 7.13. The van der Waals surface area contributed by atoms with Gasteiger partial charge in [0, 0.05) is 10.0 Å². The van der Waals surface area contributed by atoms with Crippen LogP contribution in [0.25, 0.3) is 11.4 Å². The van der Waals surface area contributed by atoms with E-state index in [-0.39, 0.29) is 24.2 Å². The number of aromatic nitrogens is 2. The average molecular weight is 467 g/mol. The third-order valence-electron chi connectivity index (χ3n) is 5.00. The third kappa shape index (κ3) is 3.09. The van der Waals surface area contributed by atoms with E-state index in [4.69, 9.17) is 4.52 Å². The van der Waals surface area contributed by atoms with Crippen molar-refractivity contribution >= 4 is 33.4 Å². The number of amides is 2. The zero-order valence-corrected chi connectivity index (χ0v) is 17.4. The molecule has 0 aliphatic carbocycles. The highest BCUT2D eigenvalue weighted by molar-refractivity contribution is 9.10. The van der Waals surface area contributed by atoms with E-state index in [1.165, 1.54) is 9.91 Å². The molecule has 0 bridgehead atoms. The van der Waals surface area contributed by atoms with Crippen LogP contribution < -0.4 is 4.90 Å². The van der Waals surface area contributed by atoms with E-state index in [1.807, 2.05) is 43.3 Å². The summed E-state index contributed by atoms with van der Waals surface area (Å²) < 4.78 is 6.22. The first-order chi connectivity index (χ1) is 14.5. The predicted molar refractivity (Wildman–Crippen MR) is 109 cm³/mol. The smallest absolute Gasteiger partial charge is 0.263 e. The summed E-state index contributed by atoms with van der Waals surface area (Å²) in [6.07, 6.45) is 0. The highest BCUT2D eigenvalue weighted by atomic mass is 79.9. The largest absolute Gasteiger partial charge is 0.337 e. The minimum atomic E-state index is -0.869. The number of carbonyl (C=O) groups excluding carboxylic acids is 2. The van der Waals surface area contributed by atoms with Gasteiger partial charge in [-0.25, -0.2) is 4.90 Å². The lowest BCUT2D eigenvalue weighted by atomic mass is 10.1. The van der Waals surface area contributed by atoms with Gasteiger partial charge in [-0.15, -0.1) is 0 Å². The Labute approximate surface area is 179 Å². The monoisotopic (exact) mass is 466 g/mol. The highest BCUT2D eigenvalue weighted by Crippen LogP contribution is 2.33. The molecule has 2 atom stereocenters. The second-order valence-electron chi connectivity index (χ2n) is 7.06. The van der Waals surface area contributed by atoms with Crippen LogP contribution in [0.4, 0.5) is 5.69 Å². The zero-order chi connectivity index (χ0) is 20.8. The molecule has 2 amide bonds. The van der Waals surface area contributed by atoms with Crippen LogP contribution in [0.5, 0.6) is 0 Å². The first-order valence-electron chi connectivity index (χ1n) is 9.22. The number of hydrogen-bond acceptors (Lipinski definition) is 8. The van der Waals surface area contributed by atoms with Crippen LogP contribution >= 0.6 is 15.9 Å². The Kier molecular flexibility index (Phi) is 4.43. The number of hydrogen-bond donors (Lipinski definition) is 0. The minimum Gasteiger partial charge on any atom is -0.337 e. The van der Waals surface area contributed by atoms with E-state index in [2.05, 4.69) is 36.4 Å². The van der Waals surface area contributed by atoms with E-state index >= 15 is 0 Å². The van der Waals surface area contributed by atoms with Gasteiger partial charge >= 0.3 is 0 Å². The molecule has 0 unspecified atom stereocenters. The van der Waals surface area contributed by atoms with E-state index in [1.54, 1.807) is 12.1 Å². The molecule has 2 aliphatic rings. The Balaban J connectivity index is 1.36. The molecule has 3 heterocycles. The fraction of sp³-hybridized carbons (Fsp3) is 0.200. The van der Waals surface area contributed by atoms with Crippen molar-refractivity contribution in [1.29, 1.82) is 0 Å². The highest BCUT2D eigenvalue weighted by Gasteiger charge is 2.55. The summed E-state index contributed by atoms with van der Waals surface area (Å²) in [5.74, 6) is -0.0567. The summed E-state index contributed by atoms with van der Waals surface area (Å²) in [4.78, 5) is 31.3. The Morgan fingerprint density at radius 1 is 1.10 bits per heavy atom. The summed E-state index contributed by atoms with van der Waals surface area (Å²) in [5.41, 5.74) is 2.35. The molecule has 0 saturated carbocycles. The van der Waals surface area contributed by atoms with Crippen molar-refractivity contribution in [3.8, 4) is 11.4 Å². The van der Waals surface area contributed by atoms with Gasteiger partial charge in [0.15, 0.2) is 12.1 Å². The van der Waals surface area contributed by atoms with Crippen LogP contribution in [0.3, 0.4) is 0 Å². The summed E-state index contributed by atoms with van der Waals surface area (Å²) in [6.45, 7) is 2.02. The average Bonchev–Trinajstić information content (AvgIpc) is 3.42. The van der Waals surface area contributed by atoms with Gasteiger partial charge in [-0.2, -0.15) is 10.1 Å². The molecule has 1 fully saturated rings. The maximum atomic E-state index is 13.0. The van der Waals surface area contributed by atoms with Gasteiger partial charge in [-0.3, -0.25) is 14.6 Å². The third-order valence-corrected chi connectivity index (χ3v) is 5.49. The van der Waals surface area contributed by atoms with Gasteiger partial charge in [0.25, 0.3) is 11.8 Å². The number of anilines is 1. The van der Waals surface area contributed by atoms with Gasteiger partial charge < -0.3 is 4.52 Å². The molecule has 150 valence electrons. The number of fused-ring (bicyclic) bond motifs is 1. The maximum absolute atomic E-state index is 13.0. The van der Waals surface area contributed by atoms with E-state index in [0.29, 0.717) is 11.5 Å². The summed E-state index contributed by atoms with van der Waals surface area (Å²) in [7, 11) is 0. The number of nitrogens with zero attached hydrogens (tertiary/aromatic N) is 6. The van der Waals surface area contributed by atoms with Gasteiger partial charge in [0.1, 0.15) is 6.54 Å². The van der Waals surface area contributed by atoms with E-state index in [0.717, 1.165) is 15.6 Å². The fourth-order valence-corrected chi connectivity index (χ4v) is 3.90. The molecule has 30 heavy (non-hydrogen) atoms. The maximum Gasteiger partial charge on any atom is 0.263 e. The van der Waals surface area contributed by atoms with Gasteiger partial charge in [-0.1, -0.05) is 56.1 Å². The van der Waals surface area contributed by atoms with Gasteiger partial charge in [0.05, 0.1) is 5.69 Å². The molecule has 2 aromatic carbocycles. The topological polar surface area (TPSA) is 104 Å². The van der Waals surface area contributed by atoms with Gasteiger partial charge in [0.2, 0.25) is 11.7 Å². The summed E-state index contributed by atoms with van der Waals surface area (Å²) >= 11 is 3.41. The van der Waals surface area contributed by atoms with Crippen LogP contribution in [0.2, 0.25) is 0 Å². The lowest BCUT2D eigenvalue weighted by Gasteiger charge is -2.19. The number of halogens is 1. The quantitative estimate of drug-likeness (QED) is 0.546. The molecule has 10 heteroatoms. The Morgan fingerprint density at radius 3 is 2.67 bits per heavy atom. The Morgan fingerprint density at radius 2 is 1.90 bits per heavy atom. The SMILES string of the molecule is Cc1ccc(N2C(=O)[C@H]3N=NN(Cc4nc(-c5cccc(Br)c5)no4)[C@H]3C2=O)cc1. The van der Waals surface area contributed by atoms with Crippen LogP contribution in [-0.4, -0.2) is 39.0 Å². The summed E-state index contributed by atoms with van der Waals surface area (Å²) in [6, 6.07) is 13.0. The van der Waals surface area contributed by atoms with Crippen LogP contribution in [0.15, 0.2) is 67.9 Å². The number of benzene rings is 2. The minimum absolute atomic E-state index is 0.0758. The molecule has 5 rings (SSSR count). The second-order valence-corrected chi connectivity index (χ2v) is 7.98. The number of carbonyl (C=O) groups is 2. The first kappa shape index (κ1) is 18.6. The molecule has 1 saturated heterocycles. The predicted octanol–water partition coefficient (Wildman–Crippen LogP) is 3.30. The van der Waals surface area contributed by atoms with Crippen molar-refractivity contribution in [2.45, 2.75) is 25.6 Å². The standard InChI is InChI=1S/C20H15BrN6O3/c1-11-5-7-14(8-6-11)27-19(28)16-17(20(27)29)26(25-23-16)10-15-22-18(24-30-15)12-3-2-4-13(21)9-12/h2-9,16-17H,10H2,1H3/t16-,17+/m0/s1. The number of aryl methyl sites for hydroxylation is 1. The van der Waals surface area contributed by atoms with Gasteiger partial charge in [-0.05, 0) is 31.2 Å². The molecule has 0 N–H and O–H groups in total. The van der Waals surface area contributed by atoms with Crippen molar-refractivity contribution in [3.63, 3.8) is 0 Å². The first-order valence-corrected chi connectivity index (χ1v) is 10.0. The molecule has 0 spiro atoms. The summed E-state index contributed by atoms with van der Waals surface area (Å²) in [5, 5.41) is 13.4. The lowest BCUT2D eigenvalue weighted by molar-refractivity contribution is -0.123. The Hall–Kier alpha value is -3.40. The van der Waals surface area contributed by atoms with Crippen molar-refractivity contribution in [3.05, 3.63) is 64.5 Å². The van der Waals surface area contributed by atoms with Crippen molar-refractivity contribution in [2.24, 2.45) is 10.3 Å².